The largest absolute Gasteiger partial charge is 0.481 e. The predicted octanol–water partition coefficient (Wildman–Crippen LogP) is 1.20. The number of carboxylic acids is 3. The van der Waals surface area contributed by atoms with Gasteiger partial charge in [-0.1, -0.05) is 36.5 Å². The molecule has 0 heterocycles. The molecular formula is C18H30O9. The van der Waals surface area contributed by atoms with Gasteiger partial charge in [-0.05, 0) is 19.3 Å². The van der Waals surface area contributed by atoms with Gasteiger partial charge >= 0.3 is 17.9 Å². The van der Waals surface area contributed by atoms with E-state index in [1.165, 1.54) is 18.2 Å². The van der Waals surface area contributed by atoms with Crippen LogP contribution < -0.4 is 0 Å². The predicted molar refractivity (Wildman–Crippen MR) is 99.3 cm³/mol. The van der Waals surface area contributed by atoms with Crippen LogP contribution >= 0.6 is 0 Å². The van der Waals surface area contributed by atoms with E-state index >= 15 is 0 Å². The minimum Gasteiger partial charge on any atom is -0.481 e. The van der Waals surface area contributed by atoms with Crippen LogP contribution in [-0.4, -0.2) is 68.4 Å². The van der Waals surface area contributed by atoms with Gasteiger partial charge in [-0.25, -0.2) is 0 Å². The Balaban J connectivity index is -0.000000322. The molecule has 9 heteroatoms. The average molecular weight is 390 g/mol. The molecule has 27 heavy (non-hydrogen) atoms. The highest BCUT2D eigenvalue weighted by Crippen LogP contribution is 1.91. The standard InChI is InChI=1S/C7H12O3.C6H10O3.C5H8O3/c8-6-4-2-1-3-5-7(9)10;7-5-3-1-2-4-6(8)9;6-4-2-1-3-5(7)8/h1,3,8H,2,4-6H2,(H,9,10);1-2,7H,3-5H2,(H,8,9);1-2,6H,3-4H2,(H,7,8). The smallest absolute Gasteiger partial charge is 0.307 e. The minimum atomic E-state index is -0.880. The summed E-state index contributed by atoms with van der Waals surface area (Å²) in [7, 11) is 0. The Morgan fingerprint density at radius 2 is 0.963 bits per heavy atom. The van der Waals surface area contributed by atoms with E-state index in [0.717, 1.165) is 6.42 Å². The molecule has 9 nitrogen and oxygen atoms in total. The third-order valence-corrected chi connectivity index (χ3v) is 2.31. The quantitative estimate of drug-likeness (QED) is 0.211. The molecule has 0 aliphatic rings. The molecule has 6 N–H and O–H groups in total. The molecule has 0 spiro atoms. The van der Waals surface area contributed by atoms with E-state index < -0.39 is 17.9 Å². The first-order valence-corrected chi connectivity index (χ1v) is 8.24. The maximum atomic E-state index is 9.93. The van der Waals surface area contributed by atoms with Crippen LogP contribution in [0.3, 0.4) is 0 Å². The van der Waals surface area contributed by atoms with Gasteiger partial charge < -0.3 is 30.6 Å². The van der Waals surface area contributed by atoms with Crippen molar-refractivity contribution in [3.8, 4) is 0 Å². The fourth-order valence-electron chi connectivity index (χ4n) is 1.15. The van der Waals surface area contributed by atoms with Crippen LogP contribution in [0, 0.1) is 0 Å². The number of aliphatic carboxylic acids is 3. The molecule has 0 radical (unpaired) electrons. The topological polar surface area (TPSA) is 173 Å². The van der Waals surface area contributed by atoms with Gasteiger partial charge in [0, 0.05) is 13.2 Å². The van der Waals surface area contributed by atoms with Crippen LogP contribution in [0.5, 0.6) is 0 Å². The second-order valence-electron chi connectivity index (χ2n) is 4.77. The Kier molecular flexibility index (Phi) is 27.9. The molecular weight excluding hydrogens is 360 g/mol. The van der Waals surface area contributed by atoms with Gasteiger partial charge in [0.05, 0.1) is 25.9 Å². The van der Waals surface area contributed by atoms with Gasteiger partial charge in [0.1, 0.15) is 0 Å². The van der Waals surface area contributed by atoms with Gasteiger partial charge in [-0.2, -0.15) is 0 Å². The Morgan fingerprint density at radius 3 is 1.30 bits per heavy atom. The van der Waals surface area contributed by atoms with Crippen LogP contribution in [0.25, 0.3) is 0 Å². The first-order valence-electron chi connectivity index (χ1n) is 8.24. The van der Waals surface area contributed by atoms with Crippen molar-refractivity contribution in [2.24, 2.45) is 0 Å². The maximum absolute atomic E-state index is 9.93. The molecule has 156 valence electrons. The van der Waals surface area contributed by atoms with Gasteiger partial charge in [0.25, 0.3) is 0 Å². The molecule has 0 aromatic heterocycles. The van der Waals surface area contributed by atoms with Crippen molar-refractivity contribution >= 4 is 17.9 Å². The number of carbonyl (C=O) groups is 3. The van der Waals surface area contributed by atoms with Gasteiger partial charge in [0.15, 0.2) is 0 Å². The lowest BCUT2D eigenvalue weighted by Crippen LogP contribution is -1.89. The minimum absolute atomic E-state index is 0.0133. The fourth-order valence-corrected chi connectivity index (χ4v) is 1.15. The number of carboxylic acid groups (broad SMARTS) is 3. The molecule has 0 aliphatic heterocycles. The molecule has 0 bridgehead atoms. The summed E-state index contributed by atoms with van der Waals surface area (Å²) < 4.78 is 0. The number of aliphatic hydroxyl groups is 3. The highest BCUT2D eigenvalue weighted by atomic mass is 16.4. The van der Waals surface area contributed by atoms with Crippen molar-refractivity contribution in [3.63, 3.8) is 0 Å². The summed E-state index contributed by atoms with van der Waals surface area (Å²) in [5, 5.41) is 48.9. The zero-order valence-corrected chi connectivity index (χ0v) is 15.2. The van der Waals surface area contributed by atoms with Crippen LogP contribution in [0.4, 0.5) is 0 Å². The lowest BCUT2D eigenvalue weighted by atomic mass is 10.3. The highest BCUT2D eigenvalue weighted by molar-refractivity contribution is 5.69. The number of unbranched alkanes of at least 4 members (excludes halogenated alkanes) is 1. The van der Waals surface area contributed by atoms with Crippen LogP contribution in [0.15, 0.2) is 36.5 Å². The zero-order valence-electron chi connectivity index (χ0n) is 15.2. The van der Waals surface area contributed by atoms with E-state index in [1.807, 2.05) is 0 Å². The maximum Gasteiger partial charge on any atom is 0.307 e. The monoisotopic (exact) mass is 390 g/mol. The van der Waals surface area contributed by atoms with E-state index in [4.69, 9.17) is 30.6 Å². The van der Waals surface area contributed by atoms with E-state index in [1.54, 1.807) is 18.2 Å². The molecule has 0 saturated carbocycles. The first kappa shape index (κ1) is 29.3. The van der Waals surface area contributed by atoms with Crippen LogP contribution in [-0.2, 0) is 14.4 Å². The number of allylic oxidation sites excluding steroid dienone is 1. The van der Waals surface area contributed by atoms with E-state index in [2.05, 4.69) is 0 Å². The number of rotatable bonds is 12. The van der Waals surface area contributed by atoms with Crippen molar-refractivity contribution in [2.75, 3.05) is 19.8 Å². The van der Waals surface area contributed by atoms with Gasteiger partial charge in [-0.3, -0.25) is 14.4 Å². The molecule has 0 aromatic carbocycles. The summed E-state index contributed by atoms with van der Waals surface area (Å²) in [4.78, 5) is 29.5. The Labute approximate surface area is 158 Å². The average Bonchev–Trinajstić information content (AvgIpc) is 2.59. The van der Waals surface area contributed by atoms with Crippen molar-refractivity contribution in [2.45, 2.75) is 38.5 Å². The Morgan fingerprint density at radius 1 is 0.556 bits per heavy atom. The summed E-state index contributed by atoms with van der Waals surface area (Å²) in [5.74, 6) is -2.54. The fraction of sp³-hybridized carbons (Fsp3) is 0.500. The molecule has 0 fully saturated rings. The molecule has 0 saturated heterocycles. The summed E-state index contributed by atoms with van der Waals surface area (Å²) >= 11 is 0. The van der Waals surface area contributed by atoms with Gasteiger partial charge in [-0.15, -0.1) is 0 Å². The highest BCUT2D eigenvalue weighted by Gasteiger charge is 1.88. The second-order valence-corrected chi connectivity index (χ2v) is 4.77. The van der Waals surface area contributed by atoms with Crippen LogP contribution in [0.1, 0.15) is 38.5 Å². The normalized spacial score (nSPS) is 10.3. The summed E-state index contributed by atoms with van der Waals surface area (Å²) in [6.45, 7) is 0.154. The molecule has 0 rings (SSSR count). The van der Waals surface area contributed by atoms with Crippen molar-refractivity contribution in [3.05, 3.63) is 36.5 Å². The van der Waals surface area contributed by atoms with E-state index in [-0.39, 0.29) is 39.1 Å². The van der Waals surface area contributed by atoms with Crippen LogP contribution in [0.2, 0.25) is 0 Å². The Hall–Kier alpha value is -2.49. The number of hydrogen-bond acceptors (Lipinski definition) is 6. The summed E-state index contributed by atoms with van der Waals surface area (Å²) in [6, 6.07) is 0. The van der Waals surface area contributed by atoms with Crippen molar-refractivity contribution in [1.82, 2.24) is 0 Å². The van der Waals surface area contributed by atoms with E-state index in [9.17, 15) is 14.4 Å². The second kappa shape index (κ2) is 25.7. The first-order chi connectivity index (χ1) is 12.8. The SMILES string of the molecule is O=C(O)CC=CCCCO.O=C(O)CC=CCCO.O=C(O)CC=CCO. The van der Waals surface area contributed by atoms with Gasteiger partial charge in [0.2, 0.25) is 0 Å². The zero-order chi connectivity index (χ0) is 21.3. The molecule has 0 unspecified atom stereocenters. The lowest BCUT2D eigenvalue weighted by molar-refractivity contribution is -0.137. The molecule has 0 aliphatic carbocycles. The van der Waals surface area contributed by atoms with E-state index in [0.29, 0.717) is 12.8 Å². The lowest BCUT2D eigenvalue weighted by Gasteiger charge is -1.86. The molecule has 0 aromatic rings. The Bertz CT molecular complexity index is 454. The third kappa shape index (κ3) is 45.2. The van der Waals surface area contributed by atoms with Crippen molar-refractivity contribution < 1.29 is 45.0 Å². The van der Waals surface area contributed by atoms with Crippen molar-refractivity contribution in [1.29, 1.82) is 0 Å². The number of aliphatic hydroxyl groups excluding tert-OH is 3. The summed E-state index contributed by atoms with van der Waals surface area (Å²) in [6.07, 6.45) is 11.4. The molecule has 0 amide bonds. The number of hydrogen-bond donors (Lipinski definition) is 6. The third-order valence-electron chi connectivity index (χ3n) is 2.31. The molecule has 0 atom stereocenters. The summed E-state index contributed by atoms with van der Waals surface area (Å²) in [5.41, 5.74) is 0.